The number of carbonyl (C=O) groups excluding carboxylic acids is 1. The first kappa shape index (κ1) is 11.0. The van der Waals surface area contributed by atoms with Crippen LogP contribution in [0.5, 0.6) is 0 Å². The second kappa shape index (κ2) is 5.64. The summed E-state index contributed by atoms with van der Waals surface area (Å²) in [6, 6.07) is 9.01. The van der Waals surface area contributed by atoms with Crippen LogP contribution in [-0.2, 0) is 0 Å². The van der Waals surface area contributed by atoms with Gasteiger partial charge in [-0.1, -0.05) is 18.2 Å². The minimum Gasteiger partial charge on any atom is -0.349 e. The molecule has 0 bridgehead atoms. The van der Waals surface area contributed by atoms with Crippen molar-refractivity contribution in [1.29, 1.82) is 0 Å². The molecule has 6 N–H and O–H groups in total. The maximum absolute atomic E-state index is 11.5. The third-order valence-electron chi connectivity index (χ3n) is 1.78. The maximum Gasteiger partial charge on any atom is 0.338 e. The van der Waals surface area contributed by atoms with Crippen molar-refractivity contribution in [1.82, 2.24) is 5.32 Å². The largest absolute Gasteiger partial charge is 0.349 e. The molecule has 0 aromatic heterocycles. The number of benzene rings is 1. The quantitative estimate of drug-likeness (QED) is 0.256. The number of hydrogen-bond acceptors (Lipinski definition) is 1. The highest BCUT2D eigenvalue weighted by Crippen LogP contribution is 1.96. The van der Waals surface area contributed by atoms with Gasteiger partial charge >= 0.3 is 5.96 Å². The van der Waals surface area contributed by atoms with Crippen molar-refractivity contribution in [3.8, 4) is 0 Å². The normalized spacial score (nSPS) is 9.33. The van der Waals surface area contributed by atoms with Crippen LogP contribution in [0, 0.1) is 0 Å². The molecule has 5 heteroatoms. The Morgan fingerprint density at radius 2 is 1.93 bits per heavy atom. The van der Waals surface area contributed by atoms with E-state index in [1.165, 1.54) is 0 Å². The fraction of sp³-hybridized carbons (Fsp3) is 0.200. The number of carbonyl (C=O) groups is 1. The standard InChI is InChI=1S/C10H14N4O/c11-10(12)14-7-6-13-9(15)8-4-2-1-3-5-8/h1-5H,6-7H2,(H,13,15)(H4,11,12,14)/p+1. The molecule has 0 atom stereocenters. The van der Waals surface area contributed by atoms with Gasteiger partial charge in [0.05, 0.1) is 6.54 Å². The van der Waals surface area contributed by atoms with E-state index in [1.807, 2.05) is 18.2 Å². The van der Waals surface area contributed by atoms with Gasteiger partial charge in [-0.15, -0.1) is 0 Å². The molecule has 0 aliphatic heterocycles. The highest BCUT2D eigenvalue weighted by atomic mass is 16.1. The Morgan fingerprint density at radius 3 is 2.53 bits per heavy atom. The summed E-state index contributed by atoms with van der Waals surface area (Å²) in [5, 5.41) is 2.73. The average molecular weight is 207 g/mol. The molecule has 15 heavy (non-hydrogen) atoms. The van der Waals surface area contributed by atoms with Crippen LogP contribution in [0.2, 0.25) is 0 Å². The Labute approximate surface area is 88.2 Å². The van der Waals surface area contributed by atoms with E-state index in [2.05, 4.69) is 10.3 Å². The Morgan fingerprint density at radius 1 is 1.27 bits per heavy atom. The molecule has 0 spiro atoms. The zero-order valence-electron chi connectivity index (χ0n) is 8.36. The van der Waals surface area contributed by atoms with Gasteiger partial charge in [-0.3, -0.25) is 21.3 Å². The summed E-state index contributed by atoms with van der Waals surface area (Å²) in [6.07, 6.45) is 0. The second-order valence-electron chi connectivity index (χ2n) is 3.00. The molecule has 0 saturated carbocycles. The molecule has 5 nitrogen and oxygen atoms in total. The molecular formula is C10H15N4O+. The van der Waals surface area contributed by atoms with E-state index >= 15 is 0 Å². The first-order valence-corrected chi connectivity index (χ1v) is 4.65. The Kier molecular flexibility index (Phi) is 4.15. The van der Waals surface area contributed by atoms with Crippen molar-refractivity contribution >= 4 is 11.9 Å². The first-order valence-electron chi connectivity index (χ1n) is 4.65. The number of hydrogen-bond donors (Lipinski definition) is 4. The zero-order chi connectivity index (χ0) is 11.1. The van der Waals surface area contributed by atoms with Gasteiger partial charge in [0.25, 0.3) is 5.91 Å². The predicted molar refractivity (Wildman–Crippen MR) is 58.0 cm³/mol. The van der Waals surface area contributed by atoms with Gasteiger partial charge in [-0.25, -0.2) is 0 Å². The third kappa shape index (κ3) is 4.12. The van der Waals surface area contributed by atoms with Crippen LogP contribution in [0.3, 0.4) is 0 Å². The van der Waals surface area contributed by atoms with Gasteiger partial charge in [-0.05, 0) is 12.1 Å². The minimum atomic E-state index is -0.104. The summed E-state index contributed by atoms with van der Waals surface area (Å²) in [4.78, 5) is 14.2. The lowest BCUT2D eigenvalue weighted by molar-refractivity contribution is -0.456. The fourth-order valence-electron chi connectivity index (χ4n) is 1.07. The summed E-state index contributed by atoms with van der Waals surface area (Å²) >= 11 is 0. The Balaban J connectivity index is 2.35. The van der Waals surface area contributed by atoms with E-state index in [9.17, 15) is 4.79 Å². The monoisotopic (exact) mass is 207 g/mol. The SMILES string of the molecule is NC(N)=[NH+]CCNC(=O)c1ccccc1. The summed E-state index contributed by atoms with van der Waals surface area (Å²) in [5.41, 5.74) is 11.0. The average Bonchev–Trinajstić information content (AvgIpc) is 2.25. The van der Waals surface area contributed by atoms with Crippen molar-refractivity contribution in [2.45, 2.75) is 0 Å². The molecule has 1 amide bonds. The van der Waals surface area contributed by atoms with E-state index < -0.39 is 0 Å². The van der Waals surface area contributed by atoms with Crippen molar-refractivity contribution in [3.63, 3.8) is 0 Å². The molecule has 0 aliphatic rings. The second-order valence-corrected chi connectivity index (χ2v) is 3.00. The van der Waals surface area contributed by atoms with Crippen LogP contribution in [0.4, 0.5) is 0 Å². The van der Waals surface area contributed by atoms with Crippen LogP contribution in [0.1, 0.15) is 10.4 Å². The molecular weight excluding hydrogens is 192 g/mol. The van der Waals surface area contributed by atoms with Gasteiger partial charge < -0.3 is 5.32 Å². The number of nitrogens with one attached hydrogen (secondary N) is 2. The Bertz CT molecular complexity index is 344. The van der Waals surface area contributed by atoms with Crippen LogP contribution in [0.15, 0.2) is 30.3 Å². The lowest BCUT2D eigenvalue weighted by Crippen LogP contribution is -2.79. The smallest absolute Gasteiger partial charge is 0.338 e. The van der Waals surface area contributed by atoms with Crippen molar-refractivity contribution in [3.05, 3.63) is 35.9 Å². The van der Waals surface area contributed by atoms with Crippen molar-refractivity contribution in [2.24, 2.45) is 11.5 Å². The van der Waals surface area contributed by atoms with Gasteiger partial charge in [0.2, 0.25) is 0 Å². The molecule has 0 fully saturated rings. The van der Waals surface area contributed by atoms with Crippen LogP contribution >= 0.6 is 0 Å². The molecule has 0 saturated heterocycles. The molecule has 1 rings (SSSR count). The molecule has 0 heterocycles. The number of guanidine groups is 1. The van der Waals surface area contributed by atoms with Gasteiger partial charge in [-0.2, -0.15) is 0 Å². The fourth-order valence-corrected chi connectivity index (χ4v) is 1.07. The predicted octanol–water partition coefficient (Wildman–Crippen LogP) is -2.23. The van der Waals surface area contributed by atoms with Crippen LogP contribution in [0.25, 0.3) is 0 Å². The summed E-state index contributed by atoms with van der Waals surface area (Å²) < 4.78 is 0. The molecule has 0 radical (unpaired) electrons. The lowest BCUT2D eigenvalue weighted by atomic mass is 10.2. The van der Waals surface area contributed by atoms with Crippen molar-refractivity contribution in [2.75, 3.05) is 13.1 Å². The lowest BCUT2D eigenvalue weighted by Gasteiger charge is -2.02. The molecule has 1 aromatic rings. The molecule has 0 unspecified atom stereocenters. The summed E-state index contributed by atoms with van der Waals surface area (Å²) in [6.45, 7) is 0.993. The number of amides is 1. The van der Waals surface area contributed by atoms with E-state index in [0.29, 0.717) is 18.7 Å². The Hall–Kier alpha value is -2.04. The van der Waals surface area contributed by atoms with E-state index in [1.54, 1.807) is 12.1 Å². The van der Waals surface area contributed by atoms with E-state index in [0.717, 1.165) is 0 Å². The number of rotatable bonds is 4. The summed E-state index contributed by atoms with van der Waals surface area (Å²) in [7, 11) is 0. The highest BCUT2D eigenvalue weighted by molar-refractivity contribution is 5.94. The molecule has 80 valence electrons. The van der Waals surface area contributed by atoms with E-state index in [4.69, 9.17) is 11.5 Å². The molecule has 0 aliphatic carbocycles. The van der Waals surface area contributed by atoms with Crippen molar-refractivity contribution < 1.29 is 9.79 Å². The summed E-state index contributed by atoms with van der Waals surface area (Å²) in [5.74, 6) is 0.0527. The van der Waals surface area contributed by atoms with E-state index in [-0.39, 0.29) is 11.9 Å². The van der Waals surface area contributed by atoms with Gasteiger partial charge in [0, 0.05) is 12.1 Å². The maximum atomic E-state index is 11.5. The first-order chi connectivity index (χ1) is 7.20. The zero-order valence-corrected chi connectivity index (χ0v) is 8.36. The number of nitrogens with two attached hydrogens (primary N) is 2. The third-order valence-corrected chi connectivity index (χ3v) is 1.78. The highest BCUT2D eigenvalue weighted by Gasteiger charge is 2.02. The van der Waals surface area contributed by atoms with Crippen LogP contribution < -0.4 is 21.8 Å². The van der Waals surface area contributed by atoms with Gasteiger partial charge in [0.15, 0.2) is 0 Å². The minimum absolute atomic E-state index is 0.104. The topological polar surface area (TPSA) is 95.1 Å². The van der Waals surface area contributed by atoms with Gasteiger partial charge in [0.1, 0.15) is 0 Å². The van der Waals surface area contributed by atoms with Crippen LogP contribution in [-0.4, -0.2) is 25.0 Å². The molecule has 1 aromatic carbocycles.